The quantitative estimate of drug-likeness (QED) is 0.648. The van der Waals surface area contributed by atoms with Crippen molar-refractivity contribution in [3.8, 4) is 0 Å². The summed E-state index contributed by atoms with van der Waals surface area (Å²) in [7, 11) is 0. The number of thioether (sulfide) groups is 1. The summed E-state index contributed by atoms with van der Waals surface area (Å²) in [5.74, 6) is -6.01. The lowest BCUT2D eigenvalue weighted by molar-refractivity contribution is -0.122. The Morgan fingerprint density at radius 2 is 1.81 bits per heavy atom. The molecule has 1 unspecified atom stereocenters. The van der Waals surface area contributed by atoms with E-state index in [0.29, 0.717) is 5.69 Å². The summed E-state index contributed by atoms with van der Waals surface area (Å²) >= 11 is 1.57. The maximum absolute atomic E-state index is 13.7. The Kier molecular flexibility index (Phi) is 5.22. The minimum atomic E-state index is -1.65. The Morgan fingerprint density at radius 3 is 2.46 bits per heavy atom. The standard InChI is InChI=1S/C18H15F3N2O2S/c1-26-12-4-2-11(3-5-12)23-9-10(8-15(23)24)18(25)22-14-7-6-13(19)16(20)17(14)21/h2-7,10H,8-9H2,1H3,(H,22,25). The predicted octanol–water partition coefficient (Wildman–Crippen LogP) is 3.82. The van der Waals surface area contributed by atoms with E-state index in [4.69, 9.17) is 0 Å². The Morgan fingerprint density at radius 1 is 1.12 bits per heavy atom. The van der Waals surface area contributed by atoms with Gasteiger partial charge in [0.2, 0.25) is 11.8 Å². The molecule has 26 heavy (non-hydrogen) atoms. The van der Waals surface area contributed by atoms with E-state index in [1.807, 2.05) is 18.4 Å². The van der Waals surface area contributed by atoms with Gasteiger partial charge in [-0.3, -0.25) is 9.59 Å². The highest BCUT2D eigenvalue weighted by atomic mass is 32.2. The maximum Gasteiger partial charge on any atom is 0.229 e. The smallest absolute Gasteiger partial charge is 0.229 e. The number of nitrogens with one attached hydrogen (secondary N) is 1. The lowest BCUT2D eigenvalue weighted by Gasteiger charge is -2.17. The number of carbonyl (C=O) groups is 2. The Hall–Kier alpha value is -2.48. The fraction of sp³-hybridized carbons (Fsp3) is 0.222. The van der Waals surface area contributed by atoms with Gasteiger partial charge in [0.25, 0.3) is 0 Å². The van der Waals surface area contributed by atoms with Crippen LogP contribution in [0.1, 0.15) is 6.42 Å². The molecule has 1 aliphatic heterocycles. The van der Waals surface area contributed by atoms with Crippen LogP contribution >= 0.6 is 11.8 Å². The highest BCUT2D eigenvalue weighted by Crippen LogP contribution is 2.28. The van der Waals surface area contributed by atoms with Gasteiger partial charge in [-0.05, 0) is 42.7 Å². The molecule has 2 amide bonds. The molecule has 1 N–H and O–H groups in total. The van der Waals surface area contributed by atoms with Crippen LogP contribution in [0.3, 0.4) is 0 Å². The first-order chi connectivity index (χ1) is 12.4. The third-order valence-corrected chi connectivity index (χ3v) is 4.92. The van der Waals surface area contributed by atoms with Crippen LogP contribution in [-0.4, -0.2) is 24.6 Å². The van der Waals surface area contributed by atoms with Crippen LogP contribution in [-0.2, 0) is 9.59 Å². The molecule has 0 aromatic heterocycles. The van der Waals surface area contributed by atoms with E-state index in [0.717, 1.165) is 17.0 Å². The summed E-state index contributed by atoms with van der Waals surface area (Å²) in [6, 6.07) is 9.00. The predicted molar refractivity (Wildman–Crippen MR) is 93.6 cm³/mol. The number of halogens is 3. The average molecular weight is 380 g/mol. The fourth-order valence-corrected chi connectivity index (χ4v) is 3.16. The Labute approximate surface area is 152 Å². The molecule has 0 radical (unpaired) electrons. The first-order valence-corrected chi connectivity index (χ1v) is 9.02. The van der Waals surface area contributed by atoms with Gasteiger partial charge in [0.05, 0.1) is 11.6 Å². The zero-order chi connectivity index (χ0) is 18.8. The largest absolute Gasteiger partial charge is 0.323 e. The molecule has 1 saturated heterocycles. The second-order valence-corrected chi connectivity index (χ2v) is 6.70. The molecule has 1 fully saturated rings. The molecular formula is C18H15F3N2O2S. The number of anilines is 2. The third kappa shape index (κ3) is 3.55. The molecule has 0 bridgehead atoms. The van der Waals surface area contributed by atoms with Crippen LogP contribution < -0.4 is 10.2 Å². The molecule has 136 valence electrons. The van der Waals surface area contributed by atoms with Crippen molar-refractivity contribution < 1.29 is 22.8 Å². The summed E-state index contributed by atoms with van der Waals surface area (Å²) in [6.07, 6.45) is 1.90. The third-order valence-electron chi connectivity index (χ3n) is 4.17. The van der Waals surface area contributed by atoms with E-state index < -0.39 is 35.0 Å². The average Bonchev–Trinajstić information content (AvgIpc) is 3.04. The lowest BCUT2D eigenvalue weighted by Crippen LogP contribution is -2.28. The van der Waals surface area contributed by atoms with Gasteiger partial charge in [-0.1, -0.05) is 0 Å². The summed E-state index contributed by atoms with van der Waals surface area (Å²) in [4.78, 5) is 27.1. The molecule has 0 saturated carbocycles. The van der Waals surface area contributed by atoms with E-state index in [2.05, 4.69) is 5.32 Å². The van der Waals surface area contributed by atoms with Crippen molar-refractivity contribution in [3.63, 3.8) is 0 Å². The molecule has 4 nitrogen and oxygen atoms in total. The fourth-order valence-electron chi connectivity index (χ4n) is 2.75. The summed E-state index contributed by atoms with van der Waals surface area (Å²) in [5, 5.41) is 2.23. The number of hydrogen-bond acceptors (Lipinski definition) is 3. The van der Waals surface area contributed by atoms with Gasteiger partial charge in [0, 0.05) is 23.5 Å². The van der Waals surface area contributed by atoms with Gasteiger partial charge in [-0.25, -0.2) is 13.2 Å². The highest BCUT2D eigenvalue weighted by molar-refractivity contribution is 7.98. The number of amides is 2. The Balaban J connectivity index is 1.71. The van der Waals surface area contributed by atoms with E-state index in [-0.39, 0.29) is 18.9 Å². The van der Waals surface area contributed by atoms with Crippen molar-refractivity contribution in [2.75, 3.05) is 23.0 Å². The SMILES string of the molecule is CSc1ccc(N2CC(C(=O)Nc3ccc(F)c(F)c3F)CC2=O)cc1. The van der Waals surface area contributed by atoms with Crippen LogP contribution in [0.5, 0.6) is 0 Å². The minimum Gasteiger partial charge on any atom is -0.323 e. The number of carbonyl (C=O) groups excluding carboxylic acids is 2. The van der Waals surface area contributed by atoms with Crippen molar-refractivity contribution in [1.82, 2.24) is 0 Å². The van der Waals surface area contributed by atoms with E-state index in [9.17, 15) is 22.8 Å². The topological polar surface area (TPSA) is 49.4 Å². The molecule has 3 rings (SSSR count). The highest BCUT2D eigenvalue weighted by Gasteiger charge is 2.35. The van der Waals surface area contributed by atoms with E-state index in [1.165, 1.54) is 4.90 Å². The van der Waals surface area contributed by atoms with Gasteiger partial charge in [0.1, 0.15) is 0 Å². The normalized spacial score (nSPS) is 16.8. The number of hydrogen-bond donors (Lipinski definition) is 1. The molecule has 2 aromatic carbocycles. The second kappa shape index (κ2) is 7.41. The van der Waals surface area contributed by atoms with Crippen molar-refractivity contribution in [2.45, 2.75) is 11.3 Å². The minimum absolute atomic E-state index is 0.0403. The molecule has 0 aliphatic carbocycles. The molecule has 1 heterocycles. The van der Waals surface area contributed by atoms with Crippen LogP contribution in [0, 0.1) is 23.4 Å². The molecule has 0 spiro atoms. The number of benzene rings is 2. The van der Waals surface area contributed by atoms with Gasteiger partial charge in [-0.2, -0.15) is 0 Å². The van der Waals surface area contributed by atoms with Crippen molar-refractivity contribution >= 4 is 35.0 Å². The molecule has 2 aromatic rings. The van der Waals surface area contributed by atoms with Crippen LogP contribution in [0.4, 0.5) is 24.5 Å². The molecule has 8 heteroatoms. The monoisotopic (exact) mass is 380 g/mol. The maximum atomic E-state index is 13.7. The first-order valence-electron chi connectivity index (χ1n) is 7.79. The van der Waals surface area contributed by atoms with Crippen molar-refractivity contribution in [1.29, 1.82) is 0 Å². The lowest BCUT2D eigenvalue weighted by atomic mass is 10.1. The Bertz CT molecular complexity index is 858. The van der Waals surface area contributed by atoms with E-state index in [1.54, 1.807) is 23.9 Å². The number of rotatable bonds is 4. The van der Waals surface area contributed by atoms with Crippen molar-refractivity contribution in [3.05, 3.63) is 53.8 Å². The van der Waals surface area contributed by atoms with Crippen LogP contribution in [0.15, 0.2) is 41.3 Å². The summed E-state index contributed by atoms with van der Waals surface area (Å²) in [6.45, 7) is 0.134. The van der Waals surface area contributed by atoms with Crippen LogP contribution in [0.2, 0.25) is 0 Å². The zero-order valence-electron chi connectivity index (χ0n) is 13.8. The van der Waals surface area contributed by atoms with Gasteiger partial charge in [0.15, 0.2) is 17.5 Å². The van der Waals surface area contributed by atoms with E-state index >= 15 is 0 Å². The molecular weight excluding hydrogens is 365 g/mol. The van der Waals surface area contributed by atoms with Gasteiger partial charge < -0.3 is 10.2 Å². The second-order valence-electron chi connectivity index (χ2n) is 5.82. The molecule has 1 atom stereocenters. The summed E-state index contributed by atoms with van der Waals surface area (Å²) in [5.41, 5.74) is 0.214. The molecule has 1 aliphatic rings. The van der Waals surface area contributed by atoms with Crippen LogP contribution in [0.25, 0.3) is 0 Å². The number of nitrogens with zero attached hydrogens (tertiary/aromatic N) is 1. The summed E-state index contributed by atoms with van der Waals surface area (Å²) < 4.78 is 39.9. The van der Waals surface area contributed by atoms with Crippen molar-refractivity contribution in [2.24, 2.45) is 5.92 Å². The zero-order valence-corrected chi connectivity index (χ0v) is 14.6. The van der Waals surface area contributed by atoms with Gasteiger partial charge >= 0.3 is 0 Å². The van der Waals surface area contributed by atoms with Gasteiger partial charge in [-0.15, -0.1) is 11.8 Å². The first kappa shape index (κ1) is 18.3.